The number of carbonyl (C=O) groups excluding carboxylic acids is 3. The molecule has 0 aliphatic rings. The average molecular weight is 554 g/mol. The number of benzene rings is 2. The van der Waals surface area contributed by atoms with Crippen molar-refractivity contribution in [3.8, 4) is 11.5 Å². The molecule has 1 atom stereocenters. The molecule has 0 fully saturated rings. The third-order valence-corrected chi connectivity index (χ3v) is 6.79. The number of carbonyl (C=O) groups is 3. The molecule has 0 aliphatic heterocycles. The maximum Gasteiger partial charge on any atom is 0.273 e. The number of nitrogens with one attached hydrogen (secondary N) is 1. The summed E-state index contributed by atoms with van der Waals surface area (Å²) in [5, 5.41) is 2.99. The fourth-order valence-electron chi connectivity index (χ4n) is 4.02. The van der Waals surface area contributed by atoms with Gasteiger partial charge in [-0.2, -0.15) is 4.37 Å². The van der Waals surface area contributed by atoms with E-state index in [9.17, 15) is 14.4 Å². The zero-order valence-electron chi connectivity index (χ0n) is 23.2. The summed E-state index contributed by atoms with van der Waals surface area (Å²) in [6.45, 7) is 9.66. The number of rotatable bonds is 9. The first-order valence-corrected chi connectivity index (χ1v) is 13.1. The Kier molecular flexibility index (Phi) is 8.85. The van der Waals surface area contributed by atoms with Crippen molar-refractivity contribution in [1.82, 2.24) is 9.69 Å². The second-order valence-electron chi connectivity index (χ2n) is 10.3. The average Bonchev–Trinajstić information content (AvgIpc) is 3.26. The molecule has 0 saturated heterocycles. The van der Waals surface area contributed by atoms with E-state index in [1.54, 1.807) is 30.3 Å². The van der Waals surface area contributed by atoms with Crippen LogP contribution in [0.5, 0.6) is 11.5 Å². The Hall–Kier alpha value is -4.12. The van der Waals surface area contributed by atoms with E-state index in [2.05, 4.69) is 23.5 Å². The second kappa shape index (κ2) is 11.7. The Morgan fingerprint density at radius 3 is 2.05 bits per heavy atom. The third-order valence-electron chi connectivity index (χ3n) is 5.94. The van der Waals surface area contributed by atoms with Crippen molar-refractivity contribution < 1.29 is 23.9 Å². The molecule has 5 N–H and O–H groups in total. The van der Waals surface area contributed by atoms with Crippen LogP contribution < -0.4 is 31.2 Å². The summed E-state index contributed by atoms with van der Waals surface area (Å²) < 4.78 is 14.9. The minimum absolute atomic E-state index is 0.00854. The molecule has 1 aromatic heterocycles. The Bertz CT molecular complexity index is 1360. The van der Waals surface area contributed by atoms with Gasteiger partial charge in [0.2, 0.25) is 5.91 Å². The summed E-state index contributed by atoms with van der Waals surface area (Å²) in [6.07, 6.45) is 0. The summed E-state index contributed by atoms with van der Waals surface area (Å²) in [6, 6.07) is 11.2. The van der Waals surface area contributed by atoms with Gasteiger partial charge < -0.3 is 26.3 Å². The van der Waals surface area contributed by atoms with Gasteiger partial charge in [-0.1, -0.05) is 32.0 Å². The molecular formula is C28H35N5O5S. The summed E-state index contributed by atoms with van der Waals surface area (Å²) in [5.41, 5.74) is 12.6. The number of amides is 3. The van der Waals surface area contributed by atoms with Crippen LogP contribution in [-0.4, -0.2) is 41.9 Å². The minimum atomic E-state index is -1.15. The molecular weight excluding hydrogens is 518 g/mol. The fraction of sp³-hybridized carbons (Fsp3) is 0.357. The van der Waals surface area contributed by atoms with Crippen molar-refractivity contribution in [3.63, 3.8) is 0 Å². The Labute approximate surface area is 232 Å². The van der Waals surface area contributed by atoms with Gasteiger partial charge in [0.25, 0.3) is 11.8 Å². The molecule has 3 rings (SSSR count). The Morgan fingerprint density at radius 2 is 1.56 bits per heavy atom. The van der Waals surface area contributed by atoms with Crippen LogP contribution in [0.15, 0.2) is 42.5 Å². The normalized spacial score (nSPS) is 12.1. The third kappa shape index (κ3) is 6.48. The minimum Gasteiger partial charge on any atom is -0.493 e. The van der Waals surface area contributed by atoms with Crippen LogP contribution in [0.2, 0.25) is 0 Å². The van der Waals surface area contributed by atoms with Crippen molar-refractivity contribution in [1.29, 1.82) is 0 Å². The van der Waals surface area contributed by atoms with Crippen molar-refractivity contribution in [2.75, 3.05) is 24.9 Å². The monoisotopic (exact) mass is 553 g/mol. The molecule has 0 unspecified atom stereocenters. The van der Waals surface area contributed by atoms with E-state index in [1.165, 1.54) is 19.1 Å². The molecule has 3 aromatic rings. The largest absolute Gasteiger partial charge is 0.493 e. The van der Waals surface area contributed by atoms with Crippen molar-refractivity contribution in [2.24, 2.45) is 5.73 Å². The van der Waals surface area contributed by atoms with Gasteiger partial charge in [-0.05, 0) is 73.6 Å². The van der Waals surface area contributed by atoms with E-state index >= 15 is 0 Å². The van der Waals surface area contributed by atoms with E-state index in [4.69, 9.17) is 20.9 Å². The summed E-state index contributed by atoms with van der Waals surface area (Å²) in [7, 11) is 3.00. The lowest BCUT2D eigenvalue weighted by atomic mass is 9.98. The molecule has 39 heavy (non-hydrogen) atoms. The van der Waals surface area contributed by atoms with E-state index in [0.717, 1.165) is 17.1 Å². The van der Waals surface area contributed by atoms with Gasteiger partial charge in [0, 0.05) is 11.2 Å². The lowest BCUT2D eigenvalue weighted by Crippen LogP contribution is -2.49. The van der Waals surface area contributed by atoms with Crippen LogP contribution in [0, 0.1) is 0 Å². The molecule has 3 amide bonds. The molecule has 0 bridgehead atoms. The van der Waals surface area contributed by atoms with Crippen LogP contribution in [0.4, 0.5) is 11.4 Å². The number of nitrogens with two attached hydrogens (primary N) is 2. The molecule has 0 spiro atoms. The maximum absolute atomic E-state index is 14.2. The van der Waals surface area contributed by atoms with Gasteiger partial charge in [0.05, 0.1) is 19.9 Å². The van der Waals surface area contributed by atoms with E-state index < -0.39 is 29.3 Å². The van der Waals surface area contributed by atoms with Gasteiger partial charge in [0.1, 0.15) is 10.9 Å². The zero-order valence-corrected chi connectivity index (χ0v) is 24.0. The maximum atomic E-state index is 14.2. The first-order chi connectivity index (χ1) is 18.3. The lowest BCUT2D eigenvalue weighted by Gasteiger charge is -2.34. The number of primary amides is 1. The first kappa shape index (κ1) is 29.4. The van der Waals surface area contributed by atoms with E-state index in [1.807, 2.05) is 32.9 Å². The highest BCUT2D eigenvalue weighted by Gasteiger charge is 2.37. The molecule has 208 valence electrons. The van der Waals surface area contributed by atoms with Crippen LogP contribution in [0.25, 0.3) is 0 Å². The Balaban J connectivity index is 2.29. The smallest absolute Gasteiger partial charge is 0.273 e. The SMILES string of the molecule is COc1ccc([C@@H](C(=O)NC(C)(C)C)N(C(=O)c2snc(C(N)=O)c2N)c2ccc(C(C)C)cc2)cc1OC. The molecule has 2 aromatic carbocycles. The highest BCUT2D eigenvalue weighted by Crippen LogP contribution is 2.37. The van der Waals surface area contributed by atoms with Crippen LogP contribution in [0.1, 0.15) is 77.9 Å². The lowest BCUT2D eigenvalue weighted by molar-refractivity contribution is -0.123. The number of ether oxygens (including phenoxy) is 2. The second-order valence-corrected chi connectivity index (χ2v) is 11.1. The number of hydrogen-bond donors (Lipinski definition) is 3. The number of aromatic nitrogens is 1. The quantitative estimate of drug-likeness (QED) is 0.358. The van der Waals surface area contributed by atoms with Crippen molar-refractivity contribution in [3.05, 3.63) is 64.2 Å². The molecule has 0 radical (unpaired) electrons. The molecule has 1 heterocycles. The van der Waals surface area contributed by atoms with Gasteiger partial charge in [-0.25, -0.2) is 0 Å². The van der Waals surface area contributed by atoms with E-state index in [0.29, 0.717) is 22.7 Å². The van der Waals surface area contributed by atoms with Crippen LogP contribution >= 0.6 is 11.5 Å². The van der Waals surface area contributed by atoms with E-state index in [-0.39, 0.29) is 22.2 Å². The van der Waals surface area contributed by atoms with Gasteiger partial charge in [-0.15, -0.1) is 0 Å². The number of hydrogen-bond acceptors (Lipinski definition) is 8. The highest BCUT2D eigenvalue weighted by atomic mass is 32.1. The Morgan fingerprint density at radius 1 is 0.974 bits per heavy atom. The number of anilines is 2. The molecule has 0 saturated carbocycles. The van der Waals surface area contributed by atoms with Crippen molar-refractivity contribution >= 4 is 40.6 Å². The standard InChI is InChI=1S/C28H35N5O5S/c1-15(2)16-8-11-18(12-9-16)33(27(36)24-21(29)22(25(30)34)32-39-24)23(26(35)31-28(3,4)5)17-10-13-19(37-6)20(14-17)38-7/h8-15,23H,29H2,1-7H3,(H2,30,34)(H,31,35)/t23-/m0/s1. The number of methoxy groups -OCH3 is 2. The molecule has 10 nitrogen and oxygen atoms in total. The summed E-state index contributed by atoms with van der Waals surface area (Å²) in [5.74, 6) is -0.790. The molecule has 11 heteroatoms. The number of nitrogen functional groups attached to an aromatic ring is 1. The zero-order chi connectivity index (χ0) is 29.1. The van der Waals surface area contributed by atoms with Gasteiger partial charge >= 0.3 is 0 Å². The predicted molar refractivity (Wildman–Crippen MR) is 153 cm³/mol. The predicted octanol–water partition coefficient (Wildman–Crippen LogP) is 4.27. The summed E-state index contributed by atoms with van der Waals surface area (Å²) in [4.78, 5) is 41.3. The first-order valence-electron chi connectivity index (χ1n) is 12.3. The van der Waals surface area contributed by atoms with Crippen LogP contribution in [0.3, 0.4) is 0 Å². The number of nitrogens with zero attached hydrogens (tertiary/aromatic N) is 2. The highest BCUT2D eigenvalue weighted by molar-refractivity contribution is 7.09. The van der Waals surface area contributed by atoms with Gasteiger partial charge in [0.15, 0.2) is 17.2 Å². The fourth-order valence-corrected chi connectivity index (χ4v) is 4.76. The van der Waals surface area contributed by atoms with Crippen LogP contribution in [-0.2, 0) is 4.79 Å². The van der Waals surface area contributed by atoms with Crippen molar-refractivity contribution in [2.45, 2.75) is 52.1 Å². The summed E-state index contributed by atoms with van der Waals surface area (Å²) >= 11 is 0.751. The van der Waals surface area contributed by atoms with Gasteiger partial charge in [-0.3, -0.25) is 19.3 Å². The topological polar surface area (TPSA) is 150 Å². The molecule has 0 aliphatic carbocycles.